The molecule has 0 radical (unpaired) electrons. The lowest BCUT2D eigenvalue weighted by molar-refractivity contribution is -0.147. The average Bonchev–Trinajstić information content (AvgIpc) is 2.67. The molecule has 0 aromatic carbocycles. The Labute approximate surface area is 121 Å². The van der Waals surface area contributed by atoms with Gasteiger partial charge in [-0.1, -0.05) is 0 Å². The van der Waals surface area contributed by atoms with Crippen LogP contribution >= 0.6 is 23.5 Å². The molecule has 4 atom stereocenters. The summed E-state index contributed by atoms with van der Waals surface area (Å²) >= 11 is 3.03. The molecule has 3 amide bonds. The zero-order chi connectivity index (χ0) is 14.3. The third kappa shape index (κ3) is 1.18. The van der Waals surface area contributed by atoms with Gasteiger partial charge in [0.15, 0.2) is 0 Å². The number of alkyl halides is 1. The van der Waals surface area contributed by atoms with Gasteiger partial charge >= 0.3 is 12.0 Å². The third-order valence-corrected chi connectivity index (χ3v) is 8.29. The summed E-state index contributed by atoms with van der Waals surface area (Å²) in [5.74, 6) is -2.23. The van der Waals surface area contributed by atoms with Crippen LogP contribution < -0.4 is 10.6 Å². The fourth-order valence-corrected chi connectivity index (χ4v) is 7.87. The van der Waals surface area contributed by atoms with Crippen LogP contribution in [0.4, 0.5) is 9.18 Å². The first-order valence-corrected chi connectivity index (χ1v) is 8.18. The van der Waals surface area contributed by atoms with E-state index in [-0.39, 0.29) is 0 Å². The van der Waals surface area contributed by atoms with E-state index in [4.69, 9.17) is 0 Å². The molecular formula is C11H11FN2O4S2. The van der Waals surface area contributed by atoms with E-state index in [1.54, 1.807) is 0 Å². The van der Waals surface area contributed by atoms with Crippen molar-refractivity contribution in [2.75, 3.05) is 11.5 Å². The fraction of sp³-hybridized carbons (Fsp3) is 0.727. The first-order valence-electron chi connectivity index (χ1n) is 6.21. The number of carbonyl (C=O) groups is 3. The van der Waals surface area contributed by atoms with Crippen LogP contribution in [0, 0.1) is 11.8 Å². The molecule has 2 aliphatic carbocycles. The normalized spacial score (nSPS) is 47.5. The lowest BCUT2D eigenvalue weighted by Gasteiger charge is -2.32. The summed E-state index contributed by atoms with van der Waals surface area (Å²) in [5, 5.41) is 13.8. The van der Waals surface area contributed by atoms with Crippen LogP contribution in [0.5, 0.6) is 0 Å². The molecule has 2 heterocycles. The van der Waals surface area contributed by atoms with Crippen LogP contribution in [0.15, 0.2) is 0 Å². The van der Waals surface area contributed by atoms with E-state index in [9.17, 15) is 23.9 Å². The van der Waals surface area contributed by atoms with E-state index in [1.165, 1.54) is 23.5 Å². The fourth-order valence-electron chi connectivity index (χ4n) is 4.05. The molecule has 6 nitrogen and oxygen atoms in total. The van der Waals surface area contributed by atoms with Gasteiger partial charge in [0.1, 0.15) is 5.54 Å². The number of fused-ring (bicyclic) bond motifs is 3. The molecule has 0 aromatic rings. The summed E-state index contributed by atoms with van der Waals surface area (Å²) in [5.41, 5.74) is -3.82. The van der Waals surface area contributed by atoms with Crippen LogP contribution in [0.1, 0.15) is 6.42 Å². The van der Waals surface area contributed by atoms with Gasteiger partial charge in [-0.3, -0.25) is 10.1 Å². The number of rotatable bonds is 1. The Bertz CT molecular complexity index is 567. The lowest BCUT2D eigenvalue weighted by atomic mass is 9.89. The van der Waals surface area contributed by atoms with E-state index in [0.29, 0.717) is 6.42 Å². The van der Waals surface area contributed by atoms with Gasteiger partial charge in [-0.15, -0.1) is 23.5 Å². The van der Waals surface area contributed by atoms with Gasteiger partial charge in [0, 0.05) is 29.8 Å². The number of hydrogen-bond donors (Lipinski definition) is 3. The van der Waals surface area contributed by atoms with Crippen LogP contribution in [-0.2, 0) is 9.59 Å². The van der Waals surface area contributed by atoms with Crippen molar-refractivity contribution < 1.29 is 23.9 Å². The van der Waals surface area contributed by atoms with Gasteiger partial charge < -0.3 is 10.4 Å². The molecule has 0 bridgehead atoms. The predicted octanol–water partition coefficient (Wildman–Crippen LogP) is 0.183. The van der Waals surface area contributed by atoms with Crippen molar-refractivity contribution in [2.45, 2.75) is 21.7 Å². The van der Waals surface area contributed by atoms with Gasteiger partial charge in [-0.05, 0) is 0 Å². The van der Waals surface area contributed by atoms with Crippen LogP contribution in [0.2, 0.25) is 0 Å². The summed E-state index contributed by atoms with van der Waals surface area (Å²) in [7, 11) is 0. The van der Waals surface area contributed by atoms with Crippen molar-refractivity contribution in [3.8, 4) is 0 Å². The second-order valence-corrected chi connectivity index (χ2v) is 8.70. The SMILES string of the molecule is O=C1NC(=O)[C@]2(CC3(SCCS3)[C@H]3[C@@H]2[C@]3(F)C(=O)O)N1. The summed E-state index contributed by atoms with van der Waals surface area (Å²) < 4.78 is 14.3. The second-order valence-electron chi connectivity index (χ2n) is 5.59. The Kier molecular flexibility index (Phi) is 2.19. The maximum atomic E-state index is 14.9. The number of carboxylic acids is 1. The zero-order valence-corrected chi connectivity index (χ0v) is 11.8. The number of carbonyl (C=O) groups excluding carboxylic acids is 2. The van der Waals surface area contributed by atoms with Crippen molar-refractivity contribution in [3.63, 3.8) is 0 Å². The molecule has 4 aliphatic rings. The van der Waals surface area contributed by atoms with Crippen molar-refractivity contribution in [1.29, 1.82) is 0 Å². The Morgan fingerprint density at radius 1 is 1.30 bits per heavy atom. The van der Waals surface area contributed by atoms with Gasteiger partial charge in [-0.2, -0.15) is 0 Å². The second kappa shape index (κ2) is 3.44. The molecule has 0 aromatic heterocycles. The Hall–Kier alpha value is -0.960. The molecule has 108 valence electrons. The minimum absolute atomic E-state index is 0.293. The average molecular weight is 318 g/mol. The molecule has 9 heteroatoms. The van der Waals surface area contributed by atoms with Crippen LogP contribution in [-0.4, -0.2) is 49.8 Å². The quantitative estimate of drug-likeness (QED) is 0.597. The number of nitrogens with one attached hydrogen (secondary N) is 2. The first kappa shape index (κ1) is 12.8. The van der Waals surface area contributed by atoms with E-state index in [1.807, 2.05) is 0 Å². The molecular weight excluding hydrogens is 307 g/mol. The molecule has 20 heavy (non-hydrogen) atoms. The summed E-state index contributed by atoms with van der Waals surface area (Å²) in [6.45, 7) is 0. The van der Waals surface area contributed by atoms with E-state index in [2.05, 4.69) is 10.6 Å². The molecule has 3 N–H and O–H groups in total. The van der Waals surface area contributed by atoms with Gasteiger partial charge in [0.2, 0.25) is 5.67 Å². The maximum absolute atomic E-state index is 14.9. The number of thioether (sulfide) groups is 2. The molecule has 2 saturated carbocycles. The predicted molar refractivity (Wildman–Crippen MR) is 70.1 cm³/mol. The molecule has 2 saturated heterocycles. The monoisotopic (exact) mass is 318 g/mol. The maximum Gasteiger partial charge on any atom is 0.342 e. The highest BCUT2D eigenvalue weighted by molar-refractivity contribution is 8.21. The third-order valence-electron chi connectivity index (χ3n) is 4.73. The van der Waals surface area contributed by atoms with Crippen LogP contribution in [0.3, 0.4) is 0 Å². The number of amides is 3. The van der Waals surface area contributed by atoms with Crippen molar-refractivity contribution in [3.05, 3.63) is 0 Å². The first-order chi connectivity index (χ1) is 9.37. The topological polar surface area (TPSA) is 95.5 Å². The largest absolute Gasteiger partial charge is 0.479 e. The van der Waals surface area contributed by atoms with E-state index < -0.39 is 45.0 Å². The highest BCUT2D eigenvalue weighted by Crippen LogP contribution is 2.78. The van der Waals surface area contributed by atoms with Crippen molar-refractivity contribution in [1.82, 2.24) is 10.6 Å². The summed E-state index contributed by atoms with van der Waals surface area (Å²) in [4.78, 5) is 34.9. The lowest BCUT2D eigenvalue weighted by Crippen LogP contribution is -2.53. The minimum Gasteiger partial charge on any atom is -0.479 e. The smallest absolute Gasteiger partial charge is 0.342 e. The Morgan fingerprint density at radius 3 is 2.45 bits per heavy atom. The number of halogens is 1. The number of aliphatic carboxylic acids is 1. The molecule has 4 fully saturated rings. The van der Waals surface area contributed by atoms with Crippen molar-refractivity contribution >= 4 is 41.4 Å². The number of carboxylic acid groups (broad SMARTS) is 1. The summed E-state index contributed by atoms with van der Waals surface area (Å²) in [6, 6.07) is -0.668. The zero-order valence-electron chi connectivity index (χ0n) is 10.1. The number of hydrogen-bond acceptors (Lipinski definition) is 5. The van der Waals surface area contributed by atoms with Gasteiger partial charge in [0.25, 0.3) is 5.91 Å². The summed E-state index contributed by atoms with van der Waals surface area (Å²) in [6.07, 6.45) is 0.293. The molecule has 0 unspecified atom stereocenters. The van der Waals surface area contributed by atoms with Crippen LogP contribution in [0.25, 0.3) is 0 Å². The number of imide groups is 1. The molecule has 2 aliphatic heterocycles. The van der Waals surface area contributed by atoms with Gasteiger partial charge in [0.05, 0.1) is 4.08 Å². The Balaban J connectivity index is 1.82. The minimum atomic E-state index is -2.42. The standard InChI is InChI=1S/C11H11FN2O4S2/c12-11(7(16)17)4-5(11)10(19-1-2-20-10)3-9(4)6(15)13-8(18)14-9/h4-5H,1-3H2,(H,16,17)(H2,13,14,15,18)/t4-,5+,9+,11+/m0/s1. The molecule has 4 rings (SSSR count). The Morgan fingerprint density at radius 2 is 1.95 bits per heavy atom. The highest BCUT2D eigenvalue weighted by atomic mass is 32.2. The highest BCUT2D eigenvalue weighted by Gasteiger charge is 2.91. The van der Waals surface area contributed by atoms with E-state index >= 15 is 0 Å². The molecule has 2 spiro atoms. The van der Waals surface area contributed by atoms with Gasteiger partial charge in [-0.25, -0.2) is 14.0 Å². The number of urea groups is 1. The van der Waals surface area contributed by atoms with Crippen molar-refractivity contribution in [2.24, 2.45) is 11.8 Å². The van der Waals surface area contributed by atoms with E-state index in [0.717, 1.165) is 11.5 Å².